The van der Waals surface area contributed by atoms with E-state index in [1.54, 1.807) is 6.20 Å². The second kappa shape index (κ2) is 7.97. The molecule has 27 heavy (non-hydrogen) atoms. The molecule has 2 aliphatic heterocycles. The molecule has 3 amide bonds. The Bertz CT molecular complexity index is 668. The normalized spacial score (nSPS) is 21.5. The highest BCUT2D eigenvalue weighted by Crippen LogP contribution is 2.39. The number of likely N-dealkylation sites (tertiary alicyclic amines) is 1. The number of amides is 3. The Kier molecular flexibility index (Phi) is 5.84. The minimum Gasteiger partial charge on any atom is -0.309 e. The fraction of sp³-hybridized carbons (Fsp3) is 0.667. The summed E-state index contributed by atoms with van der Waals surface area (Å²) in [5.41, 5.74) is 0.0675. The molecular formula is C21H32N4O2. The Balaban J connectivity index is 1.84. The van der Waals surface area contributed by atoms with Crippen LogP contribution >= 0.6 is 0 Å². The van der Waals surface area contributed by atoms with Gasteiger partial charge in [-0.05, 0) is 44.2 Å². The molecule has 0 radical (unpaired) electrons. The van der Waals surface area contributed by atoms with Crippen LogP contribution in [0.3, 0.4) is 0 Å². The van der Waals surface area contributed by atoms with E-state index in [4.69, 9.17) is 0 Å². The molecule has 1 aromatic heterocycles. The molecular weight excluding hydrogens is 340 g/mol. The van der Waals surface area contributed by atoms with Crippen LogP contribution < -0.4 is 0 Å². The smallest absolute Gasteiger partial charge is 0.309 e. The molecule has 3 rings (SSSR count). The Hall–Kier alpha value is -1.95. The van der Waals surface area contributed by atoms with Crippen molar-refractivity contribution in [3.8, 4) is 0 Å². The lowest BCUT2D eigenvalue weighted by atomic mass is 9.84. The molecule has 1 aromatic rings. The molecule has 0 aromatic carbocycles. The number of aromatic nitrogens is 1. The molecule has 0 aliphatic carbocycles. The maximum Gasteiger partial charge on any atom is 0.328 e. The molecule has 6 nitrogen and oxygen atoms in total. The molecule has 0 bridgehead atoms. The summed E-state index contributed by atoms with van der Waals surface area (Å²) in [6.45, 7) is 11.2. The van der Waals surface area contributed by atoms with Crippen molar-refractivity contribution in [2.45, 2.75) is 65.1 Å². The van der Waals surface area contributed by atoms with Gasteiger partial charge >= 0.3 is 6.03 Å². The molecule has 2 fully saturated rings. The van der Waals surface area contributed by atoms with E-state index in [2.05, 4.69) is 37.6 Å². The molecule has 3 heterocycles. The van der Waals surface area contributed by atoms with Crippen molar-refractivity contribution in [3.05, 3.63) is 30.1 Å². The number of piperidine rings is 1. The molecule has 1 atom stereocenters. The first kappa shape index (κ1) is 19.8. The fourth-order valence-corrected chi connectivity index (χ4v) is 4.27. The summed E-state index contributed by atoms with van der Waals surface area (Å²) in [6, 6.07) is 5.95. The van der Waals surface area contributed by atoms with Crippen LogP contribution in [0.5, 0.6) is 0 Å². The summed E-state index contributed by atoms with van der Waals surface area (Å²) in [5, 5.41) is 0. The van der Waals surface area contributed by atoms with E-state index in [9.17, 15) is 9.59 Å². The van der Waals surface area contributed by atoms with Crippen LogP contribution in [0.15, 0.2) is 24.4 Å². The fourth-order valence-electron chi connectivity index (χ4n) is 4.27. The lowest BCUT2D eigenvalue weighted by Crippen LogP contribution is -2.58. The zero-order valence-corrected chi connectivity index (χ0v) is 17.0. The van der Waals surface area contributed by atoms with E-state index in [0.717, 1.165) is 25.2 Å². The van der Waals surface area contributed by atoms with Gasteiger partial charge in [-0.25, -0.2) is 4.79 Å². The average molecular weight is 373 g/mol. The maximum absolute atomic E-state index is 13.5. The number of pyridine rings is 1. The number of urea groups is 1. The summed E-state index contributed by atoms with van der Waals surface area (Å²) in [5.74, 6) is 0.281. The largest absolute Gasteiger partial charge is 0.328 e. The van der Waals surface area contributed by atoms with Gasteiger partial charge in [0.15, 0.2) is 0 Å². The predicted molar refractivity (Wildman–Crippen MR) is 105 cm³/mol. The van der Waals surface area contributed by atoms with Gasteiger partial charge < -0.3 is 9.80 Å². The standard InChI is InChI=1S/C21H32N4O2/c1-5-17(4)23-12-9-21(10-13-23)19(26)24(15-18-8-6-7-11-22-18)20(27)25(21)14-16(2)3/h6-8,11,16-17H,5,9-10,12-15H2,1-4H3/t17-/m1/s1. The van der Waals surface area contributed by atoms with Gasteiger partial charge in [0.2, 0.25) is 0 Å². The van der Waals surface area contributed by atoms with Crippen LogP contribution in [-0.2, 0) is 11.3 Å². The van der Waals surface area contributed by atoms with Gasteiger partial charge in [0.05, 0.1) is 12.2 Å². The second-order valence-electron chi connectivity index (χ2n) is 8.32. The first-order chi connectivity index (χ1) is 12.9. The summed E-state index contributed by atoms with van der Waals surface area (Å²) in [7, 11) is 0. The highest BCUT2D eigenvalue weighted by Gasteiger charge is 2.58. The Morgan fingerprint density at radius 1 is 1.15 bits per heavy atom. The third-order valence-electron chi connectivity index (χ3n) is 6.06. The van der Waals surface area contributed by atoms with Crippen molar-refractivity contribution in [1.29, 1.82) is 0 Å². The van der Waals surface area contributed by atoms with Gasteiger partial charge in [-0.3, -0.25) is 14.7 Å². The summed E-state index contributed by atoms with van der Waals surface area (Å²) in [6.07, 6.45) is 4.23. The number of carbonyl (C=O) groups excluding carboxylic acids is 2. The van der Waals surface area contributed by atoms with Crippen LogP contribution in [0.4, 0.5) is 4.79 Å². The molecule has 1 spiro atoms. The topological polar surface area (TPSA) is 56.8 Å². The summed E-state index contributed by atoms with van der Waals surface area (Å²) >= 11 is 0. The lowest BCUT2D eigenvalue weighted by Gasteiger charge is -2.44. The number of rotatable bonds is 6. The molecule has 2 saturated heterocycles. The molecule has 0 unspecified atom stereocenters. The molecule has 148 valence electrons. The van der Waals surface area contributed by atoms with Crippen molar-refractivity contribution < 1.29 is 9.59 Å². The SMILES string of the molecule is CC[C@@H](C)N1CCC2(CC1)C(=O)N(Cc1ccccn1)C(=O)N2CC(C)C. The maximum atomic E-state index is 13.5. The Labute approximate surface area is 162 Å². The van der Waals surface area contributed by atoms with Gasteiger partial charge in [0.25, 0.3) is 5.91 Å². The predicted octanol–water partition coefficient (Wildman–Crippen LogP) is 3.13. The van der Waals surface area contributed by atoms with Gasteiger partial charge in [0, 0.05) is 31.9 Å². The highest BCUT2D eigenvalue weighted by atomic mass is 16.2. The quantitative estimate of drug-likeness (QED) is 0.720. The van der Waals surface area contributed by atoms with Crippen LogP contribution in [0.2, 0.25) is 0 Å². The molecule has 2 aliphatic rings. The Morgan fingerprint density at radius 2 is 1.85 bits per heavy atom. The zero-order valence-electron chi connectivity index (χ0n) is 17.0. The van der Waals surface area contributed by atoms with E-state index in [0.29, 0.717) is 31.3 Å². The van der Waals surface area contributed by atoms with Crippen LogP contribution in [0.25, 0.3) is 0 Å². The van der Waals surface area contributed by atoms with E-state index >= 15 is 0 Å². The van der Waals surface area contributed by atoms with Crippen LogP contribution in [0.1, 0.15) is 52.7 Å². The minimum atomic E-state index is -0.680. The third-order valence-corrected chi connectivity index (χ3v) is 6.06. The molecule has 0 saturated carbocycles. The van der Waals surface area contributed by atoms with Crippen molar-refractivity contribution in [2.75, 3.05) is 19.6 Å². The third kappa shape index (κ3) is 3.72. The van der Waals surface area contributed by atoms with Crippen molar-refractivity contribution >= 4 is 11.9 Å². The minimum absolute atomic E-state index is 0.0393. The number of carbonyl (C=O) groups is 2. The molecule has 0 N–H and O–H groups in total. The van der Waals surface area contributed by atoms with Crippen LogP contribution in [-0.4, -0.2) is 62.8 Å². The Morgan fingerprint density at radius 3 is 2.41 bits per heavy atom. The summed E-state index contributed by atoms with van der Waals surface area (Å²) in [4.78, 5) is 36.7. The molecule has 6 heteroatoms. The van der Waals surface area contributed by atoms with Gasteiger partial charge in [-0.2, -0.15) is 0 Å². The lowest BCUT2D eigenvalue weighted by molar-refractivity contribution is -0.136. The zero-order chi connectivity index (χ0) is 19.6. The van der Waals surface area contributed by atoms with Gasteiger partial charge in [-0.15, -0.1) is 0 Å². The first-order valence-corrected chi connectivity index (χ1v) is 10.2. The number of hydrogen-bond donors (Lipinski definition) is 0. The van der Waals surface area contributed by atoms with E-state index in [-0.39, 0.29) is 18.5 Å². The van der Waals surface area contributed by atoms with Crippen LogP contribution in [0, 0.1) is 5.92 Å². The number of hydrogen-bond acceptors (Lipinski definition) is 4. The van der Waals surface area contributed by atoms with Crippen molar-refractivity contribution in [2.24, 2.45) is 5.92 Å². The van der Waals surface area contributed by atoms with Gasteiger partial charge in [0.1, 0.15) is 5.54 Å². The monoisotopic (exact) mass is 372 g/mol. The van der Waals surface area contributed by atoms with E-state index in [1.165, 1.54) is 4.90 Å². The van der Waals surface area contributed by atoms with E-state index < -0.39 is 5.54 Å². The van der Waals surface area contributed by atoms with Gasteiger partial charge in [-0.1, -0.05) is 26.8 Å². The first-order valence-electron chi connectivity index (χ1n) is 10.2. The van der Waals surface area contributed by atoms with Crippen molar-refractivity contribution in [3.63, 3.8) is 0 Å². The second-order valence-corrected chi connectivity index (χ2v) is 8.32. The average Bonchev–Trinajstić information content (AvgIpc) is 2.85. The number of imide groups is 1. The van der Waals surface area contributed by atoms with Crippen molar-refractivity contribution in [1.82, 2.24) is 19.7 Å². The summed E-state index contributed by atoms with van der Waals surface area (Å²) < 4.78 is 0. The van der Waals surface area contributed by atoms with E-state index in [1.807, 2.05) is 23.1 Å². The highest BCUT2D eigenvalue weighted by molar-refractivity contribution is 6.07. The number of nitrogens with zero attached hydrogens (tertiary/aromatic N) is 4.